The predicted molar refractivity (Wildman–Crippen MR) is 100 cm³/mol. The molecule has 1 unspecified atom stereocenters. The number of hydrogen-bond acceptors (Lipinski definition) is 3. The highest BCUT2D eigenvalue weighted by molar-refractivity contribution is 6.32. The molecule has 2 rings (SSSR count). The quantitative estimate of drug-likeness (QED) is 0.741. The lowest BCUT2D eigenvalue weighted by molar-refractivity contribution is -0.122. The maximum absolute atomic E-state index is 12.2. The summed E-state index contributed by atoms with van der Waals surface area (Å²) in [6.45, 7) is 6.77. The van der Waals surface area contributed by atoms with E-state index >= 15 is 0 Å². The zero-order chi connectivity index (χ0) is 18.2. The van der Waals surface area contributed by atoms with Gasteiger partial charge in [0.2, 0.25) is 5.91 Å². The Bertz CT molecular complexity index is 718. The first-order chi connectivity index (χ1) is 12.0. The molecule has 0 saturated heterocycles. The second-order valence-electron chi connectivity index (χ2n) is 5.79. The summed E-state index contributed by atoms with van der Waals surface area (Å²) in [5, 5.41) is 3.53. The maximum atomic E-state index is 12.2. The number of para-hydroxylation sites is 1. The van der Waals surface area contributed by atoms with Gasteiger partial charge in [0.1, 0.15) is 11.5 Å². The number of benzene rings is 2. The van der Waals surface area contributed by atoms with Crippen molar-refractivity contribution in [1.29, 1.82) is 0 Å². The zero-order valence-corrected chi connectivity index (χ0v) is 15.6. The van der Waals surface area contributed by atoms with Crippen molar-refractivity contribution in [3.63, 3.8) is 0 Å². The van der Waals surface area contributed by atoms with Gasteiger partial charge in [0.25, 0.3) is 0 Å². The number of halogens is 1. The number of hydrogen-bond donors (Lipinski definition) is 1. The van der Waals surface area contributed by atoms with Gasteiger partial charge < -0.3 is 14.8 Å². The molecule has 1 atom stereocenters. The smallest absolute Gasteiger partial charge is 0.223 e. The van der Waals surface area contributed by atoms with Crippen LogP contribution in [-0.2, 0) is 4.79 Å². The fourth-order valence-corrected chi connectivity index (χ4v) is 2.69. The fourth-order valence-electron chi connectivity index (χ4n) is 2.50. The van der Waals surface area contributed by atoms with E-state index in [2.05, 4.69) is 5.32 Å². The van der Waals surface area contributed by atoms with E-state index in [9.17, 15) is 4.79 Å². The van der Waals surface area contributed by atoms with Crippen molar-refractivity contribution in [1.82, 2.24) is 5.32 Å². The van der Waals surface area contributed by atoms with Gasteiger partial charge in [-0.1, -0.05) is 41.4 Å². The minimum Gasteiger partial charge on any atom is -0.494 e. The first-order valence-electron chi connectivity index (χ1n) is 8.41. The van der Waals surface area contributed by atoms with Gasteiger partial charge in [0.15, 0.2) is 0 Å². The molecule has 0 heterocycles. The minimum absolute atomic E-state index is 0.0801. The summed E-state index contributed by atoms with van der Waals surface area (Å²) in [7, 11) is 0. The third-order valence-electron chi connectivity index (χ3n) is 3.73. The van der Waals surface area contributed by atoms with Crippen LogP contribution in [0.4, 0.5) is 0 Å². The van der Waals surface area contributed by atoms with Gasteiger partial charge in [-0.25, -0.2) is 0 Å². The molecule has 0 aliphatic heterocycles. The number of carbonyl (C=O) groups excluding carboxylic acids is 1. The number of aryl methyl sites for hydroxylation is 1. The molecule has 25 heavy (non-hydrogen) atoms. The standard InChI is InChI=1S/C20H24ClNO3/c1-4-24-18-10-9-14(2)13-16(18)15(3)22-20(23)11-12-25-19-8-6-5-7-17(19)21/h5-10,13,15H,4,11-12H2,1-3H3,(H,22,23). The Morgan fingerprint density at radius 1 is 1.16 bits per heavy atom. The lowest BCUT2D eigenvalue weighted by atomic mass is 10.0. The summed E-state index contributed by atoms with van der Waals surface area (Å²) in [5.74, 6) is 1.30. The van der Waals surface area contributed by atoms with Crippen LogP contribution in [0, 0.1) is 6.92 Å². The molecule has 1 amide bonds. The first kappa shape index (κ1) is 19.1. The van der Waals surface area contributed by atoms with Gasteiger partial charge in [0.05, 0.1) is 30.7 Å². The van der Waals surface area contributed by atoms with E-state index in [0.29, 0.717) is 17.4 Å². The van der Waals surface area contributed by atoms with Crippen LogP contribution in [0.15, 0.2) is 42.5 Å². The normalized spacial score (nSPS) is 11.7. The van der Waals surface area contributed by atoms with Crippen LogP contribution in [0.25, 0.3) is 0 Å². The summed E-state index contributed by atoms with van der Waals surface area (Å²) < 4.78 is 11.2. The van der Waals surface area contributed by atoms with Crippen LogP contribution in [0.5, 0.6) is 11.5 Å². The molecule has 0 bridgehead atoms. The lowest BCUT2D eigenvalue weighted by Crippen LogP contribution is -2.28. The van der Waals surface area contributed by atoms with E-state index in [1.807, 2.05) is 51.1 Å². The highest BCUT2D eigenvalue weighted by Gasteiger charge is 2.15. The monoisotopic (exact) mass is 361 g/mol. The number of rotatable bonds is 8. The second-order valence-corrected chi connectivity index (χ2v) is 6.20. The molecular weight excluding hydrogens is 338 g/mol. The molecule has 134 valence electrons. The molecule has 0 radical (unpaired) electrons. The van der Waals surface area contributed by atoms with Crippen molar-refractivity contribution in [3.05, 3.63) is 58.6 Å². The van der Waals surface area contributed by atoms with Crippen molar-refractivity contribution in [2.24, 2.45) is 0 Å². The van der Waals surface area contributed by atoms with Gasteiger partial charge in [-0.05, 0) is 39.0 Å². The van der Waals surface area contributed by atoms with Crippen LogP contribution in [-0.4, -0.2) is 19.1 Å². The average Bonchev–Trinajstić information content (AvgIpc) is 2.58. The van der Waals surface area contributed by atoms with E-state index in [-0.39, 0.29) is 25.0 Å². The summed E-state index contributed by atoms with van der Waals surface area (Å²) in [6, 6.07) is 13.1. The van der Waals surface area contributed by atoms with Crippen molar-refractivity contribution >= 4 is 17.5 Å². The molecule has 0 fully saturated rings. The molecule has 2 aromatic carbocycles. The number of nitrogens with one attached hydrogen (secondary N) is 1. The topological polar surface area (TPSA) is 47.6 Å². The molecule has 0 spiro atoms. The number of ether oxygens (including phenoxy) is 2. The molecule has 0 aliphatic rings. The van der Waals surface area contributed by atoms with Crippen molar-refractivity contribution in [3.8, 4) is 11.5 Å². The van der Waals surface area contributed by atoms with Crippen LogP contribution >= 0.6 is 11.6 Å². The van der Waals surface area contributed by atoms with Crippen molar-refractivity contribution in [2.75, 3.05) is 13.2 Å². The van der Waals surface area contributed by atoms with Crippen molar-refractivity contribution < 1.29 is 14.3 Å². The lowest BCUT2D eigenvalue weighted by Gasteiger charge is -2.19. The molecule has 0 saturated carbocycles. The Morgan fingerprint density at radius 2 is 1.92 bits per heavy atom. The Morgan fingerprint density at radius 3 is 2.64 bits per heavy atom. The fraction of sp³-hybridized carbons (Fsp3) is 0.350. The Hall–Kier alpha value is -2.20. The largest absolute Gasteiger partial charge is 0.494 e. The summed E-state index contributed by atoms with van der Waals surface area (Å²) in [6.07, 6.45) is 0.255. The number of amides is 1. The third kappa shape index (κ3) is 5.68. The minimum atomic E-state index is -0.144. The zero-order valence-electron chi connectivity index (χ0n) is 14.8. The van der Waals surface area contributed by atoms with Gasteiger partial charge in [-0.2, -0.15) is 0 Å². The van der Waals surface area contributed by atoms with Gasteiger partial charge in [0, 0.05) is 5.56 Å². The molecule has 4 nitrogen and oxygen atoms in total. The van der Waals surface area contributed by atoms with E-state index in [0.717, 1.165) is 16.9 Å². The third-order valence-corrected chi connectivity index (χ3v) is 4.04. The molecule has 5 heteroatoms. The first-order valence-corrected chi connectivity index (χ1v) is 8.79. The maximum Gasteiger partial charge on any atom is 0.223 e. The molecule has 1 N–H and O–H groups in total. The van der Waals surface area contributed by atoms with E-state index in [1.165, 1.54) is 0 Å². The highest BCUT2D eigenvalue weighted by Crippen LogP contribution is 2.27. The second kappa shape index (κ2) is 9.33. The summed E-state index contributed by atoms with van der Waals surface area (Å²) in [5.41, 5.74) is 2.10. The average molecular weight is 362 g/mol. The van der Waals surface area contributed by atoms with Gasteiger partial charge >= 0.3 is 0 Å². The number of carbonyl (C=O) groups is 1. The van der Waals surface area contributed by atoms with Crippen LogP contribution in [0.2, 0.25) is 5.02 Å². The van der Waals surface area contributed by atoms with Crippen LogP contribution in [0.1, 0.15) is 37.4 Å². The SMILES string of the molecule is CCOc1ccc(C)cc1C(C)NC(=O)CCOc1ccccc1Cl. The van der Waals surface area contributed by atoms with E-state index in [4.69, 9.17) is 21.1 Å². The van der Waals surface area contributed by atoms with E-state index in [1.54, 1.807) is 12.1 Å². The predicted octanol–water partition coefficient (Wildman–Crippen LogP) is 4.69. The Labute approximate surface area is 154 Å². The molecular formula is C20H24ClNO3. The Balaban J connectivity index is 1.90. The van der Waals surface area contributed by atoms with E-state index < -0.39 is 0 Å². The van der Waals surface area contributed by atoms with Crippen LogP contribution < -0.4 is 14.8 Å². The molecule has 0 aliphatic carbocycles. The van der Waals surface area contributed by atoms with Gasteiger partial charge in [-0.15, -0.1) is 0 Å². The molecule has 2 aromatic rings. The highest BCUT2D eigenvalue weighted by atomic mass is 35.5. The summed E-state index contributed by atoms with van der Waals surface area (Å²) in [4.78, 5) is 12.2. The summed E-state index contributed by atoms with van der Waals surface area (Å²) >= 11 is 6.03. The van der Waals surface area contributed by atoms with Crippen LogP contribution in [0.3, 0.4) is 0 Å². The Kier molecular flexibility index (Phi) is 7.14. The van der Waals surface area contributed by atoms with Gasteiger partial charge in [-0.3, -0.25) is 4.79 Å². The van der Waals surface area contributed by atoms with Crippen molar-refractivity contribution in [2.45, 2.75) is 33.2 Å². The molecule has 0 aromatic heterocycles.